The van der Waals surface area contributed by atoms with Gasteiger partial charge in [-0.3, -0.25) is 4.79 Å². The Balaban J connectivity index is 1.72. The van der Waals surface area contributed by atoms with Gasteiger partial charge in [0, 0.05) is 13.0 Å². The van der Waals surface area contributed by atoms with E-state index in [2.05, 4.69) is 11.8 Å². The summed E-state index contributed by atoms with van der Waals surface area (Å²) in [7, 11) is 0. The van der Waals surface area contributed by atoms with Crippen molar-refractivity contribution < 1.29 is 24.9 Å². The van der Waals surface area contributed by atoms with Crippen LogP contribution in [0.15, 0.2) is 0 Å². The number of hydrogen-bond acceptors (Lipinski definition) is 6. The van der Waals surface area contributed by atoms with Gasteiger partial charge >= 0.3 is 5.97 Å². The molecule has 2 fully saturated rings. The van der Waals surface area contributed by atoms with Gasteiger partial charge in [-0.05, 0) is 96.2 Å². The summed E-state index contributed by atoms with van der Waals surface area (Å²) in [5, 5.41) is 27.9. The van der Waals surface area contributed by atoms with Crippen molar-refractivity contribution in [3.8, 4) is 0 Å². The van der Waals surface area contributed by atoms with E-state index in [9.17, 15) is 15.0 Å². The van der Waals surface area contributed by atoms with Crippen molar-refractivity contribution in [1.82, 2.24) is 4.90 Å². The lowest BCUT2D eigenvalue weighted by molar-refractivity contribution is -0.155. The van der Waals surface area contributed by atoms with Gasteiger partial charge in [0.05, 0.1) is 5.92 Å². The first kappa shape index (κ1) is 31.5. The van der Waals surface area contributed by atoms with E-state index in [-0.39, 0.29) is 18.0 Å². The van der Waals surface area contributed by atoms with E-state index in [0.29, 0.717) is 18.4 Å². The molecule has 3 N–H and O–H groups in total. The average Bonchev–Trinajstić information content (AvgIpc) is 3.22. The van der Waals surface area contributed by atoms with Gasteiger partial charge in [-0.15, -0.1) is 0 Å². The first-order valence-corrected chi connectivity index (χ1v) is 15.3. The summed E-state index contributed by atoms with van der Waals surface area (Å²) >= 11 is 0. The van der Waals surface area contributed by atoms with Crippen LogP contribution in [0.3, 0.4) is 0 Å². The number of ether oxygens (including phenoxy) is 1. The zero-order valence-electron chi connectivity index (χ0n) is 23.5. The monoisotopic (exact) mass is 511 g/mol. The molecule has 1 aliphatic carbocycles. The molecular weight excluding hydrogens is 454 g/mol. The number of aliphatic hydroxyl groups is 3. The van der Waals surface area contributed by atoms with Crippen LogP contribution in [0.25, 0.3) is 0 Å². The number of carbonyl (C=O) groups is 1. The molecule has 2 unspecified atom stereocenters. The summed E-state index contributed by atoms with van der Waals surface area (Å²) in [6.07, 6.45) is 19.8. The lowest BCUT2D eigenvalue weighted by Crippen LogP contribution is -2.39. The Morgan fingerprint density at radius 3 is 2.22 bits per heavy atom. The topological polar surface area (TPSA) is 90.2 Å². The van der Waals surface area contributed by atoms with Crippen molar-refractivity contribution in [2.75, 3.05) is 26.2 Å². The summed E-state index contributed by atoms with van der Waals surface area (Å²) in [6, 6.07) is 0. The molecule has 2 rings (SSSR count). The summed E-state index contributed by atoms with van der Waals surface area (Å²) in [6.45, 7) is 7.33. The Bertz CT molecular complexity index is 582. The largest absolute Gasteiger partial charge is 0.462 e. The van der Waals surface area contributed by atoms with E-state index >= 15 is 0 Å². The normalized spacial score (nSPS) is 21.2. The van der Waals surface area contributed by atoms with Gasteiger partial charge in [0.1, 0.15) is 6.10 Å². The summed E-state index contributed by atoms with van der Waals surface area (Å²) in [5.74, 6) is -1.47. The molecule has 36 heavy (non-hydrogen) atoms. The highest BCUT2D eigenvalue weighted by atomic mass is 16.5. The van der Waals surface area contributed by atoms with Gasteiger partial charge < -0.3 is 25.0 Å². The van der Waals surface area contributed by atoms with Gasteiger partial charge in [-0.1, -0.05) is 58.3 Å². The first-order chi connectivity index (χ1) is 17.3. The minimum Gasteiger partial charge on any atom is -0.462 e. The molecule has 2 atom stereocenters. The second-order valence-corrected chi connectivity index (χ2v) is 12.1. The van der Waals surface area contributed by atoms with Crippen LogP contribution in [0, 0.1) is 11.3 Å². The zero-order valence-corrected chi connectivity index (χ0v) is 23.5. The number of unbranched alkanes of at least 4 members (excludes halogenated alkanes) is 8. The molecule has 0 bridgehead atoms. The smallest absolute Gasteiger partial charge is 0.309 e. The van der Waals surface area contributed by atoms with E-state index < -0.39 is 5.79 Å². The second-order valence-electron chi connectivity index (χ2n) is 12.1. The number of nitrogens with zero attached hydrogens (tertiary/aromatic N) is 1. The van der Waals surface area contributed by atoms with Gasteiger partial charge in [-0.25, -0.2) is 0 Å². The summed E-state index contributed by atoms with van der Waals surface area (Å²) in [5.41, 5.74) is 0.369. The molecule has 1 saturated heterocycles. The Labute approximate surface area is 221 Å². The third-order valence-corrected chi connectivity index (χ3v) is 8.68. The molecule has 0 aromatic carbocycles. The quantitative estimate of drug-likeness (QED) is 0.113. The van der Waals surface area contributed by atoms with E-state index in [1.54, 1.807) is 0 Å². The molecule has 2 aliphatic rings. The van der Waals surface area contributed by atoms with Crippen molar-refractivity contribution in [1.29, 1.82) is 0 Å². The van der Waals surface area contributed by atoms with Crippen LogP contribution >= 0.6 is 0 Å². The van der Waals surface area contributed by atoms with Crippen molar-refractivity contribution in [2.45, 2.75) is 148 Å². The average molecular weight is 512 g/mol. The second kappa shape index (κ2) is 17.0. The van der Waals surface area contributed by atoms with Gasteiger partial charge in [0.2, 0.25) is 0 Å². The molecule has 0 amide bonds. The Kier molecular flexibility index (Phi) is 14.9. The third kappa shape index (κ3) is 12.7. The third-order valence-electron chi connectivity index (χ3n) is 8.68. The number of likely N-dealkylation sites (tertiary alicyclic amines) is 1. The molecule has 6 nitrogen and oxygen atoms in total. The maximum atomic E-state index is 13.2. The van der Waals surface area contributed by atoms with Crippen molar-refractivity contribution in [3.05, 3.63) is 0 Å². The van der Waals surface area contributed by atoms with Crippen LogP contribution in [0.4, 0.5) is 0 Å². The number of carbonyl (C=O) groups excluding carboxylic acids is 1. The summed E-state index contributed by atoms with van der Waals surface area (Å²) < 4.78 is 6.16. The van der Waals surface area contributed by atoms with Crippen LogP contribution in [-0.2, 0) is 9.53 Å². The van der Waals surface area contributed by atoms with Crippen molar-refractivity contribution >= 4 is 5.97 Å². The Hall–Kier alpha value is -0.690. The van der Waals surface area contributed by atoms with Crippen LogP contribution in [0.5, 0.6) is 0 Å². The van der Waals surface area contributed by atoms with E-state index in [1.165, 1.54) is 45.4 Å². The van der Waals surface area contributed by atoms with E-state index in [1.807, 2.05) is 0 Å². The molecule has 6 heteroatoms. The number of esters is 1. The van der Waals surface area contributed by atoms with E-state index in [4.69, 9.17) is 9.84 Å². The predicted molar refractivity (Wildman–Crippen MR) is 146 cm³/mol. The fraction of sp³-hybridized carbons (Fsp3) is 0.967. The van der Waals surface area contributed by atoms with Crippen LogP contribution < -0.4 is 0 Å². The van der Waals surface area contributed by atoms with Gasteiger partial charge in [0.15, 0.2) is 5.79 Å². The van der Waals surface area contributed by atoms with Crippen molar-refractivity contribution in [3.63, 3.8) is 0 Å². The maximum absolute atomic E-state index is 13.2. The van der Waals surface area contributed by atoms with Crippen LogP contribution in [0.1, 0.15) is 136 Å². The SMILES string of the molecule is CCCCCCC(CCCCCCCC(C)(O)O)C(=O)OC1CCC2(CCN(CCCCO)CC2)C1. The van der Waals surface area contributed by atoms with Crippen molar-refractivity contribution in [2.24, 2.45) is 11.3 Å². The zero-order chi connectivity index (χ0) is 26.3. The number of piperidine rings is 1. The van der Waals surface area contributed by atoms with Gasteiger partial charge in [0.25, 0.3) is 0 Å². The summed E-state index contributed by atoms with van der Waals surface area (Å²) in [4.78, 5) is 15.7. The van der Waals surface area contributed by atoms with Crippen LogP contribution in [-0.4, -0.2) is 64.3 Å². The van der Waals surface area contributed by atoms with Crippen LogP contribution in [0.2, 0.25) is 0 Å². The lowest BCUT2D eigenvalue weighted by Gasteiger charge is -2.39. The van der Waals surface area contributed by atoms with E-state index in [0.717, 1.165) is 96.7 Å². The predicted octanol–water partition coefficient (Wildman–Crippen LogP) is 5.95. The molecule has 0 radical (unpaired) electrons. The maximum Gasteiger partial charge on any atom is 0.309 e. The molecule has 0 aromatic heterocycles. The standard InChI is InChI=1S/C30H57NO5/c1-3-4-5-9-14-26(15-10-7-6-8-11-17-29(2,34)35)28(33)36-27-16-18-30(25-27)19-22-31(23-20-30)21-12-13-24-32/h26-27,32,34-35H,3-25H2,1-2H3. The highest BCUT2D eigenvalue weighted by molar-refractivity contribution is 5.72. The van der Waals surface area contributed by atoms with Gasteiger partial charge in [-0.2, -0.15) is 0 Å². The Morgan fingerprint density at radius 2 is 1.58 bits per heavy atom. The molecule has 212 valence electrons. The fourth-order valence-corrected chi connectivity index (χ4v) is 6.25. The first-order valence-electron chi connectivity index (χ1n) is 15.3. The molecule has 1 aliphatic heterocycles. The highest BCUT2D eigenvalue weighted by Crippen LogP contribution is 2.47. The lowest BCUT2D eigenvalue weighted by atomic mass is 9.77. The number of hydrogen-bond donors (Lipinski definition) is 3. The molecule has 0 aromatic rings. The molecule has 1 spiro atoms. The number of rotatable bonds is 19. The molecule has 1 heterocycles. The highest BCUT2D eigenvalue weighted by Gasteiger charge is 2.43. The molecular formula is C30H57NO5. The molecule has 1 saturated carbocycles. The minimum atomic E-state index is -1.55. The fourth-order valence-electron chi connectivity index (χ4n) is 6.25. The number of aliphatic hydroxyl groups excluding tert-OH is 1. The minimum absolute atomic E-state index is 0.0324. The Morgan fingerprint density at radius 1 is 0.944 bits per heavy atom.